The third-order valence-corrected chi connectivity index (χ3v) is 11.9. The average molecular weight is 981 g/mol. The minimum absolute atomic E-state index is 0. The van der Waals surface area contributed by atoms with Crippen LogP contribution in [0.15, 0.2) is 140 Å². The fraction of sp³-hybridized carbons (Fsp3) is 0.0943. The molecule has 0 N–H and O–H groups in total. The number of imidazole rings is 1. The molecule has 0 atom stereocenters. The molecule has 0 fully saturated rings. The normalized spacial score (nSPS) is 12.0. The minimum atomic E-state index is -0.0624. The second-order valence-electron chi connectivity index (χ2n) is 16.7. The topological polar surface area (TPSA) is 57.5 Å². The van der Waals surface area contributed by atoms with Gasteiger partial charge in [-0.2, -0.15) is 12.1 Å². The van der Waals surface area contributed by atoms with Crippen LogP contribution in [0.25, 0.3) is 93.0 Å². The molecule has 9 heteroatoms. The molecule has 0 unspecified atom stereocenters. The zero-order chi connectivity index (χ0) is 41.1. The summed E-state index contributed by atoms with van der Waals surface area (Å²) in [5.41, 5.74) is 11.3. The van der Waals surface area contributed by atoms with E-state index < -0.39 is 0 Å². The molecule has 0 aliphatic carbocycles. The second-order valence-corrected chi connectivity index (χ2v) is 16.7. The standard InChI is InChI=1S/C53H35N7O.Pt/c1-32-22-49-44(30-56-32)41-19-18-37(29-50(41)59(49)51-23-33(20-21-55-51)53(2,3)4)61-38-25-34(54-5)24-35(26-38)57-31-58(48-17-11-10-16-47(48)57)36-27-42-39-12-6-8-14-45(39)60-46-15-9-7-13-40(46)43(28-36)52(42)60;/h6-25,27-28,30H,1-4H3;/q-2;. The molecule has 8 nitrogen and oxygen atoms in total. The summed E-state index contributed by atoms with van der Waals surface area (Å²) in [6, 6.07) is 50.8. The van der Waals surface area contributed by atoms with Crippen molar-refractivity contribution in [3.8, 4) is 28.7 Å². The summed E-state index contributed by atoms with van der Waals surface area (Å²) in [7, 11) is 0. The molecule has 300 valence electrons. The maximum absolute atomic E-state index is 8.10. The molecule has 0 saturated heterocycles. The predicted octanol–water partition coefficient (Wildman–Crippen LogP) is 12.3. The quantitative estimate of drug-likeness (QED) is 0.128. The van der Waals surface area contributed by atoms with Gasteiger partial charge in [-0.1, -0.05) is 92.6 Å². The maximum atomic E-state index is 8.10. The van der Waals surface area contributed by atoms with Gasteiger partial charge >= 0.3 is 0 Å². The van der Waals surface area contributed by atoms with Gasteiger partial charge in [0, 0.05) is 72.0 Å². The first-order chi connectivity index (χ1) is 29.7. The van der Waals surface area contributed by atoms with E-state index in [9.17, 15) is 0 Å². The summed E-state index contributed by atoms with van der Waals surface area (Å²) >= 11 is 0. The van der Waals surface area contributed by atoms with Crippen LogP contribution in [0, 0.1) is 32.0 Å². The molecule has 6 aromatic heterocycles. The Hall–Kier alpha value is -7.33. The summed E-state index contributed by atoms with van der Waals surface area (Å²) in [5.74, 6) is 1.67. The van der Waals surface area contributed by atoms with Crippen LogP contribution in [0.5, 0.6) is 11.5 Å². The van der Waals surface area contributed by atoms with Crippen molar-refractivity contribution in [2.45, 2.75) is 33.1 Å². The van der Waals surface area contributed by atoms with E-state index in [1.807, 2.05) is 54.2 Å². The first-order valence-corrected chi connectivity index (χ1v) is 20.3. The monoisotopic (exact) mass is 980 g/mol. The molecule has 6 aromatic carbocycles. The Morgan fingerprint density at radius 3 is 2.11 bits per heavy atom. The summed E-state index contributed by atoms with van der Waals surface area (Å²) in [5, 5.41) is 6.77. The number of rotatable bonds is 5. The van der Waals surface area contributed by atoms with Crippen LogP contribution in [-0.2, 0) is 26.5 Å². The van der Waals surface area contributed by atoms with E-state index in [1.165, 1.54) is 43.7 Å². The van der Waals surface area contributed by atoms with Crippen molar-refractivity contribution in [3.05, 3.63) is 181 Å². The first kappa shape index (κ1) is 37.7. The Bertz CT molecular complexity index is 3740. The fourth-order valence-corrected chi connectivity index (χ4v) is 9.09. The van der Waals surface area contributed by atoms with Crippen LogP contribution in [0.4, 0.5) is 5.69 Å². The van der Waals surface area contributed by atoms with E-state index >= 15 is 0 Å². The van der Waals surface area contributed by atoms with Crippen LogP contribution in [-0.4, -0.2) is 23.5 Å². The van der Waals surface area contributed by atoms with Gasteiger partial charge in [0.1, 0.15) is 5.82 Å². The largest absolute Gasteiger partial charge is 0.511 e. The van der Waals surface area contributed by atoms with Gasteiger partial charge in [-0.25, -0.2) is 4.98 Å². The average Bonchev–Trinajstić information content (AvgIpc) is 4.01. The Kier molecular flexibility index (Phi) is 8.41. The Morgan fingerprint density at radius 1 is 0.677 bits per heavy atom. The van der Waals surface area contributed by atoms with Crippen molar-refractivity contribution < 1.29 is 30.4 Å². The van der Waals surface area contributed by atoms with Crippen LogP contribution in [0.1, 0.15) is 32.0 Å². The Balaban J connectivity index is 0.00000432. The summed E-state index contributed by atoms with van der Waals surface area (Å²) in [6.07, 6.45) is 7.44. The van der Waals surface area contributed by atoms with E-state index in [0.717, 1.165) is 50.0 Å². The van der Waals surface area contributed by atoms with Crippen LogP contribution >= 0.6 is 0 Å². The van der Waals surface area contributed by atoms with Crippen molar-refractivity contribution in [1.82, 2.24) is 23.5 Å². The van der Waals surface area contributed by atoms with E-state index in [4.69, 9.17) is 16.3 Å². The van der Waals surface area contributed by atoms with Gasteiger partial charge in [0.05, 0.1) is 45.5 Å². The molecule has 0 saturated carbocycles. The van der Waals surface area contributed by atoms with Crippen molar-refractivity contribution in [2.24, 2.45) is 0 Å². The van der Waals surface area contributed by atoms with Gasteiger partial charge < -0.3 is 18.3 Å². The SMILES string of the molecule is [C-]#[N+]c1cc(Oc2[c-]c3c(cc2)c2cnc(C)cc2n3-c2cc(C(C)(C)C)ccn2)[c-]c(-n2[c-][n+](-c3cc4c5ccccc5n5c6ccccc6c(c3)c45)c3ccccc32)c1.[Pt]. The smallest absolute Gasteiger partial charge is 0.268 e. The maximum Gasteiger partial charge on any atom is 0.268 e. The van der Waals surface area contributed by atoms with Crippen LogP contribution in [0.3, 0.4) is 0 Å². The molecule has 0 spiro atoms. The van der Waals surface area contributed by atoms with Gasteiger partial charge in [0.2, 0.25) is 0 Å². The van der Waals surface area contributed by atoms with Gasteiger partial charge in [-0.05, 0) is 71.5 Å². The number of pyridine rings is 2. The van der Waals surface area contributed by atoms with Crippen LogP contribution in [0.2, 0.25) is 0 Å². The number of fused-ring (bicyclic) bond motifs is 10. The van der Waals surface area contributed by atoms with Crippen LogP contribution < -0.4 is 9.30 Å². The zero-order valence-electron chi connectivity index (χ0n) is 34.1. The van der Waals surface area contributed by atoms with E-state index in [2.05, 4.69) is 154 Å². The number of aryl methyl sites for hydroxylation is 1. The molecule has 12 rings (SSSR count). The third kappa shape index (κ3) is 5.66. The molecular formula is C53H35N7OPt-2. The van der Waals surface area contributed by atoms with Gasteiger partial charge in [-0.3, -0.25) is 14.4 Å². The van der Waals surface area contributed by atoms with Gasteiger partial charge in [-0.15, -0.1) is 29.7 Å². The number of hydrogen-bond donors (Lipinski definition) is 0. The number of para-hydroxylation sites is 4. The molecule has 6 heterocycles. The zero-order valence-corrected chi connectivity index (χ0v) is 36.4. The van der Waals surface area contributed by atoms with E-state index in [-0.39, 0.29) is 26.5 Å². The molecule has 0 bridgehead atoms. The molecule has 0 aliphatic rings. The molecule has 0 aliphatic heterocycles. The van der Waals surface area contributed by atoms with Gasteiger partial charge in [0.15, 0.2) is 0 Å². The van der Waals surface area contributed by atoms with E-state index in [1.54, 1.807) is 6.07 Å². The molecular weight excluding hydrogens is 946 g/mol. The number of hydrogen-bond acceptors (Lipinski definition) is 3. The second kappa shape index (κ2) is 13.9. The van der Waals surface area contributed by atoms with Crippen molar-refractivity contribution >= 4 is 76.6 Å². The number of ether oxygens (including phenoxy) is 1. The van der Waals surface area contributed by atoms with Crippen molar-refractivity contribution in [3.63, 3.8) is 0 Å². The summed E-state index contributed by atoms with van der Waals surface area (Å²) in [4.78, 5) is 13.3. The fourth-order valence-electron chi connectivity index (χ4n) is 9.09. The summed E-state index contributed by atoms with van der Waals surface area (Å²) in [6.45, 7) is 16.7. The summed E-state index contributed by atoms with van der Waals surface area (Å²) < 4.78 is 15.2. The number of benzene rings is 6. The Morgan fingerprint density at radius 2 is 1.39 bits per heavy atom. The van der Waals surface area contributed by atoms with Crippen molar-refractivity contribution in [1.29, 1.82) is 0 Å². The Labute approximate surface area is 371 Å². The van der Waals surface area contributed by atoms with Gasteiger partial charge in [0.25, 0.3) is 6.33 Å². The number of aromatic nitrogens is 6. The minimum Gasteiger partial charge on any atom is -0.511 e. The molecule has 62 heavy (non-hydrogen) atoms. The number of nitrogens with zero attached hydrogens (tertiary/aromatic N) is 7. The molecule has 0 amide bonds. The first-order valence-electron chi connectivity index (χ1n) is 20.3. The molecule has 12 aromatic rings. The van der Waals surface area contributed by atoms with E-state index in [0.29, 0.717) is 22.9 Å². The molecule has 0 radical (unpaired) electrons. The van der Waals surface area contributed by atoms with Crippen molar-refractivity contribution in [2.75, 3.05) is 0 Å². The predicted molar refractivity (Wildman–Crippen MR) is 242 cm³/mol. The third-order valence-electron chi connectivity index (χ3n) is 11.9.